The highest BCUT2D eigenvalue weighted by Gasteiger charge is 2.14. The van der Waals surface area contributed by atoms with Crippen molar-refractivity contribution in [3.8, 4) is 0 Å². The highest BCUT2D eigenvalue weighted by atomic mass is 16.5. The first-order chi connectivity index (χ1) is 9.00. The zero-order valence-corrected chi connectivity index (χ0v) is 11.4. The Balaban J connectivity index is 2.37. The quantitative estimate of drug-likeness (QED) is 0.899. The van der Waals surface area contributed by atoms with Crippen molar-refractivity contribution in [2.75, 3.05) is 6.61 Å². The molecule has 5 nitrogen and oxygen atoms in total. The summed E-state index contributed by atoms with van der Waals surface area (Å²) < 4.78 is 7.52. The van der Waals surface area contributed by atoms with E-state index in [4.69, 9.17) is 9.84 Å². The molecule has 0 saturated heterocycles. The van der Waals surface area contributed by atoms with Crippen molar-refractivity contribution in [2.45, 2.75) is 33.4 Å². The molecule has 1 heterocycles. The van der Waals surface area contributed by atoms with Crippen LogP contribution in [-0.2, 0) is 11.3 Å². The molecule has 2 aromatic rings. The van der Waals surface area contributed by atoms with Gasteiger partial charge in [0.1, 0.15) is 11.3 Å². The molecule has 0 amide bonds. The van der Waals surface area contributed by atoms with E-state index in [1.807, 2.05) is 31.4 Å². The number of benzene rings is 1. The molecule has 1 aromatic heterocycles. The lowest BCUT2D eigenvalue weighted by molar-refractivity contribution is 0.0698. The number of para-hydroxylation sites is 1. The third-order valence-corrected chi connectivity index (χ3v) is 2.97. The van der Waals surface area contributed by atoms with E-state index in [1.54, 1.807) is 12.1 Å². The number of hydrogen-bond donors (Lipinski definition) is 1. The topological polar surface area (TPSA) is 64.3 Å². The number of aryl methyl sites for hydroxylation is 1. The van der Waals surface area contributed by atoms with Crippen LogP contribution in [0.4, 0.5) is 0 Å². The van der Waals surface area contributed by atoms with Gasteiger partial charge in [-0.05, 0) is 32.9 Å². The van der Waals surface area contributed by atoms with Gasteiger partial charge in [-0.1, -0.05) is 6.07 Å². The Morgan fingerprint density at radius 2 is 2.21 bits per heavy atom. The lowest BCUT2D eigenvalue weighted by atomic mass is 10.2. The van der Waals surface area contributed by atoms with Gasteiger partial charge in [0.2, 0.25) is 0 Å². The molecule has 0 radical (unpaired) electrons. The van der Waals surface area contributed by atoms with Gasteiger partial charge in [-0.3, -0.25) is 0 Å². The van der Waals surface area contributed by atoms with Crippen LogP contribution in [0.1, 0.15) is 30.0 Å². The Morgan fingerprint density at radius 3 is 2.84 bits per heavy atom. The van der Waals surface area contributed by atoms with Crippen LogP contribution in [0.25, 0.3) is 11.0 Å². The van der Waals surface area contributed by atoms with E-state index < -0.39 is 5.97 Å². The zero-order valence-electron chi connectivity index (χ0n) is 11.4. The average molecular weight is 262 g/mol. The van der Waals surface area contributed by atoms with Crippen molar-refractivity contribution in [2.24, 2.45) is 0 Å². The number of hydrogen-bond acceptors (Lipinski definition) is 3. The van der Waals surface area contributed by atoms with Crippen LogP contribution in [-0.4, -0.2) is 33.3 Å². The number of carboxylic acid groups (broad SMARTS) is 1. The normalized spacial score (nSPS) is 11.4. The summed E-state index contributed by atoms with van der Waals surface area (Å²) in [6.45, 7) is 7.11. The molecule has 0 saturated carbocycles. The maximum absolute atomic E-state index is 11.2. The van der Waals surface area contributed by atoms with Gasteiger partial charge in [0, 0.05) is 6.54 Å². The molecule has 0 unspecified atom stereocenters. The van der Waals surface area contributed by atoms with Crippen LogP contribution in [0, 0.1) is 6.92 Å². The van der Waals surface area contributed by atoms with E-state index in [-0.39, 0.29) is 11.7 Å². The fourth-order valence-corrected chi connectivity index (χ4v) is 2.10. The molecule has 19 heavy (non-hydrogen) atoms. The largest absolute Gasteiger partial charge is 0.478 e. The van der Waals surface area contributed by atoms with Gasteiger partial charge in [0.05, 0.1) is 23.8 Å². The number of carbonyl (C=O) groups is 1. The predicted octanol–water partition coefficient (Wildman–Crippen LogP) is 2.47. The molecule has 0 aliphatic rings. The van der Waals surface area contributed by atoms with Crippen LogP contribution in [0.2, 0.25) is 0 Å². The van der Waals surface area contributed by atoms with Crippen LogP contribution in [0.3, 0.4) is 0 Å². The second kappa shape index (κ2) is 5.40. The second-order valence-corrected chi connectivity index (χ2v) is 4.71. The number of aromatic nitrogens is 2. The predicted molar refractivity (Wildman–Crippen MR) is 72.5 cm³/mol. The van der Waals surface area contributed by atoms with Gasteiger partial charge in [0.15, 0.2) is 0 Å². The van der Waals surface area contributed by atoms with Crippen molar-refractivity contribution >= 4 is 17.0 Å². The summed E-state index contributed by atoms with van der Waals surface area (Å²) in [6, 6.07) is 5.20. The average Bonchev–Trinajstić information content (AvgIpc) is 2.65. The minimum absolute atomic E-state index is 0.185. The summed E-state index contributed by atoms with van der Waals surface area (Å²) in [5, 5.41) is 9.16. The van der Waals surface area contributed by atoms with Gasteiger partial charge in [-0.2, -0.15) is 0 Å². The number of aromatic carboxylic acids is 1. The standard InChI is InChI=1S/C14H18N2O3/c1-9(2)19-8-7-16-10(3)15-13-11(14(17)18)5-4-6-12(13)16/h4-6,9H,7-8H2,1-3H3,(H,17,18). The smallest absolute Gasteiger partial charge is 0.337 e. The minimum atomic E-state index is -0.950. The first-order valence-corrected chi connectivity index (χ1v) is 6.31. The Morgan fingerprint density at radius 1 is 1.47 bits per heavy atom. The van der Waals surface area contributed by atoms with Crippen LogP contribution in [0.5, 0.6) is 0 Å². The first kappa shape index (κ1) is 13.5. The van der Waals surface area contributed by atoms with E-state index in [1.165, 1.54) is 0 Å². The van der Waals surface area contributed by atoms with Gasteiger partial charge < -0.3 is 14.4 Å². The minimum Gasteiger partial charge on any atom is -0.478 e. The van der Waals surface area contributed by atoms with Gasteiger partial charge in [-0.25, -0.2) is 9.78 Å². The molecule has 1 aromatic carbocycles. The number of imidazole rings is 1. The van der Waals surface area contributed by atoms with Gasteiger partial charge in [0.25, 0.3) is 0 Å². The van der Waals surface area contributed by atoms with E-state index in [9.17, 15) is 4.79 Å². The van der Waals surface area contributed by atoms with Crippen LogP contribution >= 0.6 is 0 Å². The zero-order chi connectivity index (χ0) is 14.0. The Kier molecular flexibility index (Phi) is 3.85. The number of rotatable bonds is 5. The van der Waals surface area contributed by atoms with Crippen LogP contribution in [0.15, 0.2) is 18.2 Å². The molecular formula is C14H18N2O3. The summed E-state index contributed by atoms with van der Waals surface area (Å²) in [6.07, 6.45) is 0.185. The second-order valence-electron chi connectivity index (χ2n) is 4.71. The lowest BCUT2D eigenvalue weighted by Gasteiger charge is -2.10. The molecular weight excluding hydrogens is 244 g/mol. The third kappa shape index (κ3) is 2.76. The highest BCUT2D eigenvalue weighted by molar-refractivity contribution is 6.01. The maximum atomic E-state index is 11.2. The number of carboxylic acids is 1. The summed E-state index contributed by atoms with van der Waals surface area (Å²) in [5.41, 5.74) is 1.62. The van der Waals surface area contributed by atoms with Crippen molar-refractivity contribution in [3.05, 3.63) is 29.6 Å². The Bertz CT molecular complexity index is 602. The summed E-state index contributed by atoms with van der Waals surface area (Å²) >= 11 is 0. The molecule has 0 spiro atoms. The fraction of sp³-hybridized carbons (Fsp3) is 0.429. The monoisotopic (exact) mass is 262 g/mol. The maximum Gasteiger partial charge on any atom is 0.337 e. The van der Waals surface area contributed by atoms with E-state index in [0.29, 0.717) is 18.7 Å². The number of nitrogens with zero attached hydrogens (tertiary/aromatic N) is 2. The van der Waals surface area contributed by atoms with Gasteiger partial charge in [-0.15, -0.1) is 0 Å². The number of ether oxygens (including phenoxy) is 1. The molecule has 0 atom stereocenters. The molecule has 0 bridgehead atoms. The van der Waals surface area contributed by atoms with Crippen molar-refractivity contribution in [1.29, 1.82) is 0 Å². The SMILES string of the molecule is Cc1nc2c(C(=O)O)cccc2n1CCOC(C)C. The lowest BCUT2D eigenvalue weighted by Crippen LogP contribution is -2.11. The first-order valence-electron chi connectivity index (χ1n) is 6.31. The molecule has 0 aliphatic carbocycles. The van der Waals surface area contributed by atoms with E-state index >= 15 is 0 Å². The highest BCUT2D eigenvalue weighted by Crippen LogP contribution is 2.20. The summed E-state index contributed by atoms with van der Waals surface area (Å²) in [7, 11) is 0. The van der Waals surface area contributed by atoms with E-state index in [0.717, 1.165) is 11.3 Å². The van der Waals surface area contributed by atoms with Gasteiger partial charge >= 0.3 is 5.97 Å². The molecule has 1 N–H and O–H groups in total. The summed E-state index contributed by atoms with van der Waals surface area (Å²) in [4.78, 5) is 15.5. The third-order valence-electron chi connectivity index (χ3n) is 2.97. The molecule has 5 heteroatoms. The Hall–Kier alpha value is -1.88. The van der Waals surface area contributed by atoms with E-state index in [2.05, 4.69) is 4.98 Å². The molecule has 0 aliphatic heterocycles. The summed E-state index contributed by atoms with van der Waals surface area (Å²) in [5.74, 6) is -0.148. The van der Waals surface area contributed by atoms with Crippen molar-refractivity contribution < 1.29 is 14.6 Å². The van der Waals surface area contributed by atoms with Crippen molar-refractivity contribution in [1.82, 2.24) is 9.55 Å². The van der Waals surface area contributed by atoms with Crippen molar-refractivity contribution in [3.63, 3.8) is 0 Å². The number of fused-ring (bicyclic) bond motifs is 1. The fourth-order valence-electron chi connectivity index (χ4n) is 2.10. The molecule has 102 valence electrons. The van der Waals surface area contributed by atoms with Crippen LogP contribution < -0.4 is 0 Å². The molecule has 0 fully saturated rings. The Labute approximate surface area is 111 Å². The molecule has 2 rings (SSSR count).